The number of benzene rings is 1. The van der Waals surface area contributed by atoms with Gasteiger partial charge in [-0.2, -0.15) is 0 Å². The molecule has 1 aromatic carbocycles. The maximum absolute atomic E-state index is 12.7. The minimum Gasteiger partial charge on any atom is -0.474 e. The molecule has 0 saturated heterocycles. The first kappa shape index (κ1) is 10.6. The van der Waals surface area contributed by atoms with Crippen LogP contribution in [0.5, 0.6) is 0 Å². The summed E-state index contributed by atoms with van der Waals surface area (Å²) in [5.74, 6) is 0. The first-order valence-corrected chi connectivity index (χ1v) is 6.04. The van der Waals surface area contributed by atoms with Crippen LogP contribution in [-0.2, 0) is 10.9 Å². The summed E-state index contributed by atoms with van der Waals surface area (Å²) in [6.45, 7) is -2.13. The summed E-state index contributed by atoms with van der Waals surface area (Å²) in [6.07, 6.45) is 1.87. The Kier molecular flexibility index (Phi) is 3.36. The van der Waals surface area contributed by atoms with Crippen LogP contribution in [-0.4, -0.2) is 18.6 Å². The van der Waals surface area contributed by atoms with Gasteiger partial charge in [0, 0.05) is 0 Å². The summed E-state index contributed by atoms with van der Waals surface area (Å²) in [5, 5.41) is 0. The summed E-state index contributed by atoms with van der Waals surface area (Å²) < 4.78 is 25.5. The molecule has 0 nitrogen and oxygen atoms in total. The molecule has 1 rings (SSSR count). The van der Waals surface area contributed by atoms with E-state index in [1.54, 1.807) is 0 Å². The van der Waals surface area contributed by atoms with Gasteiger partial charge in [0.25, 0.3) is 0 Å². The van der Waals surface area contributed by atoms with Crippen LogP contribution in [0.4, 0.5) is 8.63 Å². The molecular formula is C9H13BF2S. The van der Waals surface area contributed by atoms with Gasteiger partial charge in [-0.15, -0.1) is 6.82 Å². The minimum absolute atomic E-state index is 0.00398. The Morgan fingerprint density at radius 3 is 2.23 bits per heavy atom. The summed E-state index contributed by atoms with van der Waals surface area (Å²) in [6, 6.07) is 9.49. The standard InChI is InChI=1S/C9H13BF2S/c1-10(11,12)8-13(2)9-6-4-3-5-7-9/h3-7H,8H2,1-2H3. The van der Waals surface area contributed by atoms with Crippen molar-refractivity contribution in [3.8, 4) is 0 Å². The average Bonchev–Trinajstić information content (AvgIpc) is 2.03. The van der Waals surface area contributed by atoms with Crippen LogP contribution in [0.2, 0.25) is 6.82 Å². The Morgan fingerprint density at radius 2 is 1.77 bits per heavy atom. The molecule has 0 saturated carbocycles. The predicted octanol–water partition coefficient (Wildman–Crippen LogP) is 2.84. The van der Waals surface area contributed by atoms with E-state index in [1.165, 1.54) is 0 Å². The van der Waals surface area contributed by atoms with Gasteiger partial charge in [0.1, 0.15) is 0 Å². The van der Waals surface area contributed by atoms with Gasteiger partial charge in [-0.3, -0.25) is 0 Å². The largest absolute Gasteiger partial charge is 0.474 e. The molecule has 0 heterocycles. The van der Waals surface area contributed by atoms with Gasteiger partial charge in [0.15, 0.2) is 4.90 Å². The monoisotopic (exact) mass is 202 g/mol. The zero-order chi connectivity index (χ0) is 9.90. The predicted molar refractivity (Wildman–Crippen MR) is 56.7 cm³/mol. The Labute approximate surface area is 80.7 Å². The van der Waals surface area contributed by atoms with Crippen LogP contribution in [0.25, 0.3) is 0 Å². The summed E-state index contributed by atoms with van der Waals surface area (Å²) in [7, 11) is -0.325. The molecule has 1 atom stereocenters. The van der Waals surface area contributed by atoms with Crippen molar-refractivity contribution in [2.45, 2.75) is 11.7 Å². The fourth-order valence-electron chi connectivity index (χ4n) is 1.19. The summed E-state index contributed by atoms with van der Waals surface area (Å²) >= 11 is 0. The highest BCUT2D eigenvalue weighted by molar-refractivity contribution is 7.97. The third-order valence-corrected chi connectivity index (χ3v) is 3.85. The molecule has 0 fully saturated rings. The van der Waals surface area contributed by atoms with E-state index in [1.807, 2.05) is 36.6 Å². The smallest absolute Gasteiger partial charge is 0.348 e. The van der Waals surface area contributed by atoms with Crippen molar-refractivity contribution >= 4 is 17.6 Å². The molecule has 1 aromatic rings. The van der Waals surface area contributed by atoms with E-state index in [4.69, 9.17) is 0 Å². The molecule has 13 heavy (non-hydrogen) atoms. The average molecular weight is 202 g/mol. The van der Waals surface area contributed by atoms with Crippen LogP contribution in [0.3, 0.4) is 0 Å². The molecule has 0 spiro atoms. The maximum Gasteiger partial charge on any atom is 0.348 e. The number of hydrogen-bond acceptors (Lipinski definition) is 0. The lowest BCUT2D eigenvalue weighted by Gasteiger charge is -2.15. The lowest BCUT2D eigenvalue weighted by atomic mass is 9.72. The van der Waals surface area contributed by atoms with Crippen molar-refractivity contribution in [2.75, 3.05) is 11.9 Å². The molecule has 0 aliphatic rings. The third-order valence-electron chi connectivity index (χ3n) is 1.69. The van der Waals surface area contributed by atoms with Crippen LogP contribution in [0.15, 0.2) is 35.2 Å². The highest BCUT2D eigenvalue weighted by Crippen LogP contribution is 2.17. The molecule has 0 amide bonds. The van der Waals surface area contributed by atoms with Crippen LogP contribution < -0.4 is 0 Å². The molecular weight excluding hydrogens is 189 g/mol. The highest BCUT2D eigenvalue weighted by Gasteiger charge is 2.27. The third kappa shape index (κ3) is 3.81. The fourth-order valence-corrected chi connectivity index (χ4v) is 2.88. The number of hydrogen-bond donors (Lipinski definition) is 0. The Bertz CT molecular complexity index is 258. The first-order valence-electron chi connectivity index (χ1n) is 4.23. The zero-order valence-corrected chi connectivity index (χ0v) is 8.65. The second-order valence-corrected chi connectivity index (χ2v) is 5.43. The van der Waals surface area contributed by atoms with Crippen molar-refractivity contribution in [3.05, 3.63) is 30.3 Å². The molecule has 0 aliphatic heterocycles. The molecule has 0 radical (unpaired) electrons. The van der Waals surface area contributed by atoms with Crippen molar-refractivity contribution in [1.82, 2.24) is 0 Å². The molecule has 0 bridgehead atoms. The van der Waals surface area contributed by atoms with E-state index in [0.29, 0.717) is 0 Å². The second-order valence-electron chi connectivity index (χ2n) is 3.35. The van der Waals surface area contributed by atoms with Gasteiger partial charge >= 0.3 is 6.70 Å². The molecule has 1 unspecified atom stereocenters. The van der Waals surface area contributed by atoms with E-state index in [-0.39, 0.29) is 16.5 Å². The Balaban J connectivity index is 2.64. The summed E-state index contributed by atoms with van der Waals surface area (Å²) in [5.41, 5.74) is 0.00398. The van der Waals surface area contributed by atoms with Gasteiger partial charge in [0.05, 0.1) is 11.9 Å². The van der Waals surface area contributed by atoms with Gasteiger partial charge < -0.3 is 8.63 Å². The van der Waals surface area contributed by atoms with E-state index in [9.17, 15) is 8.63 Å². The first-order chi connectivity index (χ1) is 5.99. The van der Waals surface area contributed by atoms with Gasteiger partial charge in [-0.05, 0) is 23.0 Å². The zero-order valence-electron chi connectivity index (χ0n) is 7.84. The van der Waals surface area contributed by atoms with Gasteiger partial charge in [-0.25, -0.2) is 0 Å². The van der Waals surface area contributed by atoms with E-state index in [0.717, 1.165) is 11.7 Å². The second kappa shape index (κ2) is 4.14. The quantitative estimate of drug-likeness (QED) is 0.522. The van der Waals surface area contributed by atoms with Crippen molar-refractivity contribution in [3.63, 3.8) is 0 Å². The van der Waals surface area contributed by atoms with Crippen molar-refractivity contribution < 1.29 is 8.63 Å². The Hall–Kier alpha value is -0.505. The molecule has 0 aliphatic carbocycles. The lowest BCUT2D eigenvalue weighted by Crippen LogP contribution is -2.29. The normalized spacial score (nSPS) is 14.2. The van der Waals surface area contributed by atoms with E-state index in [2.05, 4.69) is 0 Å². The molecule has 4 heteroatoms. The number of rotatable bonds is 3. The minimum atomic E-state index is -3.16. The molecule has 72 valence electrons. The van der Waals surface area contributed by atoms with E-state index >= 15 is 0 Å². The van der Waals surface area contributed by atoms with Gasteiger partial charge in [-0.1, -0.05) is 18.2 Å². The van der Waals surface area contributed by atoms with Crippen LogP contribution in [0.1, 0.15) is 0 Å². The maximum atomic E-state index is 12.7. The van der Waals surface area contributed by atoms with Crippen molar-refractivity contribution in [1.29, 1.82) is 0 Å². The summed E-state index contributed by atoms with van der Waals surface area (Å²) in [4.78, 5) is 1.02. The number of halogens is 2. The fraction of sp³-hybridized carbons (Fsp3) is 0.333. The van der Waals surface area contributed by atoms with Gasteiger partial charge in [0.2, 0.25) is 0 Å². The van der Waals surface area contributed by atoms with E-state index < -0.39 is 6.70 Å². The lowest BCUT2D eigenvalue weighted by molar-refractivity contribution is 0.626. The SMILES string of the molecule is C[S+](C[B-](C)(F)F)c1ccccc1. The molecule has 0 aromatic heterocycles. The van der Waals surface area contributed by atoms with Crippen molar-refractivity contribution in [2.24, 2.45) is 0 Å². The molecule has 0 N–H and O–H groups in total. The van der Waals surface area contributed by atoms with Crippen LogP contribution >= 0.6 is 0 Å². The highest BCUT2D eigenvalue weighted by atomic mass is 32.2. The topological polar surface area (TPSA) is 0 Å². The van der Waals surface area contributed by atoms with Crippen LogP contribution in [0, 0.1) is 0 Å². The Morgan fingerprint density at radius 1 is 1.23 bits per heavy atom.